The van der Waals surface area contributed by atoms with E-state index in [-0.39, 0.29) is 38.7 Å². The highest BCUT2D eigenvalue weighted by molar-refractivity contribution is 8.18. The number of hydrogen-bond donors (Lipinski definition) is 1. The van der Waals surface area contributed by atoms with E-state index in [9.17, 15) is 27.6 Å². The zero-order valence-electron chi connectivity index (χ0n) is 21.2. The molecular weight excluding hydrogens is 663 g/mol. The number of methoxy groups -OCH3 is 1. The molecular formula is C27H17Cl4F3N2O5S. The number of halogens is 7. The molecule has 0 aliphatic carbocycles. The maximum Gasteiger partial charge on any atom is 0.416 e. The van der Waals surface area contributed by atoms with Gasteiger partial charge in [0.05, 0.1) is 33.3 Å². The topological polar surface area (TPSA) is 84.9 Å². The zero-order valence-corrected chi connectivity index (χ0v) is 25.0. The van der Waals surface area contributed by atoms with Gasteiger partial charge in [-0.15, -0.1) is 0 Å². The summed E-state index contributed by atoms with van der Waals surface area (Å²) < 4.78 is 50.1. The number of thioether (sulfide) groups is 1. The van der Waals surface area contributed by atoms with Gasteiger partial charge in [-0.2, -0.15) is 13.2 Å². The first-order valence-electron chi connectivity index (χ1n) is 11.6. The Labute approximate surface area is 261 Å². The molecule has 0 aromatic heterocycles. The van der Waals surface area contributed by atoms with Crippen molar-refractivity contribution in [2.45, 2.75) is 12.8 Å². The molecule has 0 saturated carbocycles. The smallest absolute Gasteiger partial charge is 0.416 e. The molecule has 220 valence electrons. The molecule has 3 aromatic carbocycles. The van der Waals surface area contributed by atoms with E-state index in [1.807, 2.05) is 0 Å². The predicted octanol–water partition coefficient (Wildman–Crippen LogP) is 8.58. The number of ether oxygens (including phenoxy) is 2. The number of benzene rings is 3. The number of carbonyl (C=O) groups is 3. The Balaban J connectivity index is 1.46. The maximum absolute atomic E-state index is 13.1. The van der Waals surface area contributed by atoms with Crippen LogP contribution in [0, 0.1) is 0 Å². The second-order valence-corrected chi connectivity index (χ2v) is 11.2. The third kappa shape index (κ3) is 7.45. The van der Waals surface area contributed by atoms with Crippen LogP contribution in [0.4, 0.5) is 23.7 Å². The molecule has 3 aromatic rings. The maximum atomic E-state index is 13.1. The van der Waals surface area contributed by atoms with Crippen LogP contribution in [0.1, 0.15) is 16.7 Å². The molecule has 15 heteroatoms. The molecule has 0 unspecified atom stereocenters. The van der Waals surface area contributed by atoms with Gasteiger partial charge in [0.1, 0.15) is 18.9 Å². The van der Waals surface area contributed by atoms with Crippen LogP contribution in [0.15, 0.2) is 53.4 Å². The molecule has 1 N–H and O–H groups in total. The number of anilines is 1. The summed E-state index contributed by atoms with van der Waals surface area (Å²) in [4.78, 5) is 38.7. The Morgan fingerprint density at radius 2 is 1.69 bits per heavy atom. The molecule has 1 fully saturated rings. The van der Waals surface area contributed by atoms with Gasteiger partial charge in [-0.3, -0.25) is 19.3 Å². The average molecular weight is 680 g/mol. The predicted molar refractivity (Wildman–Crippen MR) is 157 cm³/mol. The first-order chi connectivity index (χ1) is 19.8. The summed E-state index contributed by atoms with van der Waals surface area (Å²) >= 11 is 25.4. The minimum Gasteiger partial charge on any atom is -0.495 e. The lowest BCUT2D eigenvalue weighted by Crippen LogP contribution is -2.36. The summed E-state index contributed by atoms with van der Waals surface area (Å²) in [7, 11) is 1.21. The second kappa shape index (κ2) is 13.0. The van der Waals surface area contributed by atoms with Crippen LogP contribution in [0.2, 0.25) is 20.1 Å². The molecule has 1 heterocycles. The van der Waals surface area contributed by atoms with Crippen molar-refractivity contribution in [2.75, 3.05) is 19.0 Å². The monoisotopic (exact) mass is 678 g/mol. The van der Waals surface area contributed by atoms with Gasteiger partial charge in [-0.25, -0.2) is 0 Å². The standard InChI is InChI=1S/C27H17Cl4F3N2O5S/c1-40-21-5-3-15(27(32,33)34)9-20(21)35-23(37)11-36-25(38)22(42-26(36)39)8-13-6-18(30)24(19(31)7-13)41-12-14-2-4-16(28)10-17(14)29/h2-10H,11-12H2,1H3,(H,35,37)/b22-8-. The van der Waals surface area contributed by atoms with Crippen LogP contribution in [-0.2, 0) is 22.4 Å². The van der Waals surface area contributed by atoms with Crippen LogP contribution in [0.3, 0.4) is 0 Å². The van der Waals surface area contributed by atoms with Crippen LogP contribution in [-0.4, -0.2) is 35.6 Å². The molecule has 0 radical (unpaired) electrons. The zero-order chi connectivity index (χ0) is 30.8. The minimum atomic E-state index is -4.66. The third-order valence-corrected chi connectivity index (χ3v) is 7.74. The molecule has 7 nitrogen and oxygen atoms in total. The molecule has 42 heavy (non-hydrogen) atoms. The first-order valence-corrected chi connectivity index (χ1v) is 14.0. The third-order valence-electron chi connectivity index (χ3n) is 5.68. The second-order valence-electron chi connectivity index (χ2n) is 8.57. The van der Waals surface area contributed by atoms with E-state index in [1.165, 1.54) is 25.3 Å². The molecule has 0 spiro atoms. The van der Waals surface area contributed by atoms with Crippen LogP contribution in [0.5, 0.6) is 11.5 Å². The summed E-state index contributed by atoms with van der Waals surface area (Å²) in [5.74, 6) is -1.58. The van der Waals surface area contributed by atoms with Gasteiger partial charge in [-0.05, 0) is 65.9 Å². The highest BCUT2D eigenvalue weighted by Crippen LogP contribution is 2.39. The lowest BCUT2D eigenvalue weighted by atomic mass is 10.1. The number of nitrogens with one attached hydrogen (secondary N) is 1. The fraction of sp³-hybridized carbons (Fsp3) is 0.148. The summed E-state index contributed by atoms with van der Waals surface area (Å²) in [6, 6.07) is 10.4. The van der Waals surface area contributed by atoms with Crippen molar-refractivity contribution in [1.82, 2.24) is 4.90 Å². The van der Waals surface area contributed by atoms with E-state index < -0.39 is 35.3 Å². The van der Waals surface area contributed by atoms with Crippen molar-refractivity contribution >= 4 is 87.0 Å². The van der Waals surface area contributed by atoms with Gasteiger partial charge in [-0.1, -0.05) is 52.5 Å². The van der Waals surface area contributed by atoms with E-state index in [0.717, 1.165) is 12.1 Å². The minimum absolute atomic E-state index is 0.0294. The molecule has 1 aliphatic rings. The number of nitrogens with zero attached hydrogens (tertiary/aromatic N) is 1. The van der Waals surface area contributed by atoms with Gasteiger partial charge in [0.2, 0.25) is 5.91 Å². The van der Waals surface area contributed by atoms with Crippen LogP contribution in [0.25, 0.3) is 6.08 Å². The van der Waals surface area contributed by atoms with E-state index in [4.69, 9.17) is 55.9 Å². The number of carbonyl (C=O) groups excluding carboxylic acids is 3. The molecule has 0 bridgehead atoms. The Morgan fingerprint density at radius 3 is 2.31 bits per heavy atom. The van der Waals surface area contributed by atoms with Crippen molar-refractivity contribution in [3.8, 4) is 11.5 Å². The van der Waals surface area contributed by atoms with Crippen LogP contribution >= 0.6 is 58.2 Å². The van der Waals surface area contributed by atoms with Gasteiger partial charge in [0, 0.05) is 15.6 Å². The Bertz CT molecular complexity index is 1590. The number of alkyl halides is 3. The van der Waals surface area contributed by atoms with Crippen LogP contribution < -0.4 is 14.8 Å². The number of hydrogen-bond acceptors (Lipinski definition) is 6. The quantitative estimate of drug-likeness (QED) is 0.240. The lowest BCUT2D eigenvalue weighted by Gasteiger charge is -2.16. The molecule has 0 atom stereocenters. The summed E-state index contributed by atoms with van der Waals surface area (Å²) in [6.07, 6.45) is -3.31. The fourth-order valence-electron chi connectivity index (χ4n) is 3.69. The van der Waals surface area contributed by atoms with E-state index in [0.29, 0.717) is 43.9 Å². The normalized spacial score (nSPS) is 14.5. The summed E-state index contributed by atoms with van der Waals surface area (Å²) in [6.45, 7) is -0.703. The molecule has 3 amide bonds. The van der Waals surface area contributed by atoms with Crippen molar-refractivity contribution < 1.29 is 37.0 Å². The first kappa shape index (κ1) is 31.8. The summed E-state index contributed by atoms with van der Waals surface area (Å²) in [5.41, 5.74) is -0.285. The van der Waals surface area contributed by atoms with Crippen molar-refractivity contribution in [1.29, 1.82) is 0 Å². The molecule has 1 aliphatic heterocycles. The lowest BCUT2D eigenvalue weighted by molar-refractivity contribution is -0.137. The SMILES string of the molecule is COc1ccc(C(F)(F)F)cc1NC(=O)CN1C(=O)S/C(=C\c2cc(Cl)c(OCc3ccc(Cl)cc3Cl)c(Cl)c2)C1=O. The highest BCUT2D eigenvalue weighted by Gasteiger charge is 2.37. The van der Waals surface area contributed by atoms with Crippen molar-refractivity contribution in [3.05, 3.63) is 90.2 Å². The van der Waals surface area contributed by atoms with Gasteiger partial charge < -0.3 is 14.8 Å². The largest absolute Gasteiger partial charge is 0.495 e. The number of imide groups is 1. The highest BCUT2D eigenvalue weighted by atomic mass is 35.5. The van der Waals surface area contributed by atoms with Gasteiger partial charge in [0.15, 0.2) is 5.75 Å². The molecule has 1 saturated heterocycles. The Kier molecular flexibility index (Phi) is 9.89. The van der Waals surface area contributed by atoms with Crippen molar-refractivity contribution in [3.63, 3.8) is 0 Å². The Morgan fingerprint density at radius 1 is 1.00 bits per heavy atom. The van der Waals surface area contributed by atoms with Gasteiger partial charge in [0.25, 0.3) is 11.1 Å². The number of rotatable bonds is 8. The summed E-state index contributed by atoms with van der Waals surface area (Å²) in [5, 5.41) is 2.59. The Hall–Kier alpha value is -3.09. The van der Waals surface area contributed by atoms with E-state index in [1.54, 1.807) is 18.2 Å². The van der Waals surface area contributed by atoms with E-state index >= 15 is 0 Å². The van der Waals surface area contributed by atoms with Gasteiger partial charge >= 0.3 is 6.18 Å². The van der Waals surface area contributed by atoms with E-state index in [2.05, 4.69) is 5.32 Å². The fourth-order valence-corrected chi connectivity index (χ4v) is 5.61. The van der Waals surface area contributed by atoms with Crippen molar-refractivity contribution in [2.24, 2.45) is 0 Å². The number of amides is 3. The molecule has 4 rings (SSSR count). The average Bonchev–Trinajstić information content (AvgIpc) is 3.15.